The van der Waals surface area contributed by atoms with Gasteiger partial charge in [0.15, 0.2) is 0 Å². The van der Waals surface area contributed by atoms with Crippen molar-refractivity contribution in [2.75, 3.05) is 0 Å². The first kappa shape index (κ1) is 13.1. The fourth-order valence-electron chi connectivity index (χ4n) is 2.71. The number of hydrogen-bond donors (Lipinski definition) is 2. The Labute approximate surface area is 108 Å². The maximum absolute atomic E-state index is 11.1. The summed E-state index contributed by atoms with van der Waals surface area (Å²) >= 11 is 0. The molecule has 1 aromatic heterocycles. The molecule has 0 unspecified atom stereocenters. The van der Waals surface area contributed by atoms with Gasteiger partial charge in [-0.15, -0.1) is 0 Å². The van der Waals surface area contributed by atoms with E-state index in [1.165, 1.54) is 25.7 Å². The number of nitrogens with zero attached hydrogens (tertiary/aromatic N) is 1. The highest BCUT2D eigenvalue weighted by atomic mass is 16.4. The number of rotatable bonds is 4. The largest absolute Gasteiger partial charge is 0.481 e. The number of aliphatic carboxylic acids is 1. The number of aromatic nitrogens is 2. The summed E-state index contributed by atoms with van der Waals surface area (Å²) in [6.07, 6.45) is 5.46. The van der Waals surface area contributed by atoms with E-state index in [1.54, 1.807) is 13.8 Å². The van der Waals surface area contributed by atoms with Gasteiger partial charge in [-0.25, -0.2) is 4.98 Å². The van der Waals surface area contributed by atoms with Crippen molar-refractivity contribution in [3.63, 3.8) is 0 Å². The molecule has 0 spiro atoms. The van der Waals surface area contributed by atoms with E-state index >= 15 is 0 Å². The smallest absolute Gasteiger partial charge is 0.309 e. The lowest BCUT2D eigenvalue weighted by Crippen LogP contribution is -2.26. The number of H-pyrrole nitrogens is 1. The van der Waals surface area contributed by atoms with E-state index in [2.05, 4.69) is 9.97 Å². The van der Waals surface area contributed by atoms with Gasteiger partial charge in [-0.05, 0) is 33.6 Å². The average Bonchev–Trinajstić information content (AvgIpc) is 2.86. The Morgan fingerprint density at radius 2 is 2.06 bits per heavy atom. The van der Waals surface area contributed by atoms with Gasteiger partial charge in [0.05, 0.1) is 11.1 Å². The topological polar surface area (TPSA) is 66.0 Å². The van der Waals surface area contributed by atoms with Crippen LogP contribution in [-0.4, -0.2) is 21.0 Å². The van der Waals surface area contributed by atoms with Gasteiger partial charge in [0.2, 0.25) is 0 Å². The molecule has 18 heavy (non-hydrogen) atoms. The number of aromatic amines is 1. The van der Waals surface area contributed by atoms with E-state index in [0.717, 1.165) is 17.2 Å². The van der Waals surface area contributed by atoms with Crippen molar-refractivity contribution in [2.24, 2.45) is 5.41 Å². The summed E-state index contributed by atoms with van der Waals surface area (Å²) < 4.78 is 0. The second-order valence-electron chi connectivity index (χ2n) is 6.04. The number of aryl methyl sites for hydroxylation is 1. The minimum atomic E-state index is -0.779. The molecule has 1 aromatic rings. The Balaban J connectivity index is 2.16. The molecule has 0 aromatic carbocycles. The second kappa shape index (κ2) is 4.75. The Morgan fingerprint density at radius 1 is 1.44 bits per heavy atom. The summed E-state index contributed by atoms with van der Waals surface area (Å²) in [6.45, 7) is 5.52. The quantitative estimate of drug-likeness (QED) is 0.863. The molecule has 2 rings (SSSR count). The fraction of sp³-hybridized carbons (Fsp3) is 0.714. The predicted molar refractivity (Wildman–Crippen MR) is 69.7 cm³/mol. The van der Waals surface area contributed by atoms with Crippen LogP contribution in [0.2, 0.25) is 0 Å². The summed E-state index contributed by atoms with van der Waals surface area (Å²) in [5, 5.41) is 9.15. The third-order valence-electron chi connectivity index (χ3n) is 3.90. The van der Waals surface area contributed by atoms with E-state index < -0.39 is 11.4 Å². The molecule has 0 atom stereocenters. The first-order valence-corrected chi connectivity index (χ1v) is 6.69. The number of carboxylic acids is 1. The lowest BCUT2D eigenvalue weighted by atomic mass is 9.89. The highest BCUT2D eigenvalue weighted by Gasteiger charge is 2.30. The molecule has 0 amide bonds. The second-order valence-corrected chi connectivity index (χ2v) is 6.04. The van der Waals surface area contributed by atoms with Crippen LogP contribution in [0.1, 0.15) is 62.7 Å². The zero-order chi connectivity index (χ0) is 13.3. The average molecular weight is 250 g/mol. The molecule has 1 fully saturated rings. The van der Waals surface area contributed by atoms with E-state index in [-0.39, 0.29) is 0 Å². The first-order chi connectivity index (χ1) is 8.40. The van der Waals surface area contributed by atoms with Crippen LogP contribution in [0.5, 0.6) is 0 Å². The van der Waals surface area contributed by atoms with Crippen LogP contribution in [0.25, 0.3) is 0 Å². The molecule has 1 aliphatic carbocycles. The molecule has 0 bridgehead atoms. The van der Waals surface area contributed by atoms with Crippen LogP contribution >= 0.6 is 0 Å². The molecule has 1 heterocycles. The molecular weight excluding hydrogens is 228 g/mol. The van der Waals surface area contributed by atoms with Crippen LogP contribution in [-0.2, 0) is 11.2 Å². The van der Waals surface area contributed by atoms with Gasteiger partial charge in [-0.3, -0.25) is 4.79 Å². The Morgan fingerprint density at radius 3 is 2.61 bits per heavy atom. The van der Waals surface area contributed by atoms with Crippen molar-refractivity contribution in [3.8, 4) is 0 Å². The lowest BCUT2D eigenvalue weighted by molar-refractivity contribution is -0.146. The summed E-state index contributed by atoms with van der Waals surface area (Å²) in [5.74, 6) is 0.601. The van der Waals surface area contributed by atoms with Crippen molar-refractivity contribution >= 4 is 5.97 Å². The highest BCUT2D eigenvalue weighted by molar-refractivity contribution is 5.73. The van der Waals surface area contributed by atoms with Gasteiger partial charge < -0.3 is 10.1 Å². The molecule has 2 N–H and O–H groups in total. The molecule has 100 valence electrons. The number of nitrogens with one attached hydrogen (secondary N) is 1. The Hall–Kier alpha value is -1.32. The van der Waals surface area contributed by atoms with Gasteiger partial charge in [0, 0.05) is 18.0 Å². The third-order valence-corrected chi connectivity index (χ3v) is 3.90. The number of carbonyl (C=O) groups is 1. The van der Waals surface area contributed by atoms with Crippen molar-refractivity contribution in [3.05, 3.63) is 17.2 Å². The molecule has 0 aliphatic heterocycles. The summed E-state index contributed by atoms with van der Waals surface area (Å²) in [5.41, 5.74) is 1.50. The maximum Gasteiger partial charge on any atom is 0.309 e. The number of imidazole rings is 1. The number of hydrogen-bond acceptors (Lipinski definition) is 2. The molecule has 4 nitrogen and oxygen atoms in total. The van der Waals surface area contributed by atoms with Crippen molar-refractivity contribution in [2.45, 2.75) is 58.8 Å². The first-order valence-electron chi connectivity index (χ1n) is 6.69. The van der Waals surface area contributed by atoms with Crippen molar-refractivity contribution in [1.29, 1.82) is 0 Å². The predicted octanol–water partition coefficient (Wildman–Crippen LogP) is 3.03. The van der Waals surface area contributed by atoms with Gasteiger partial charge in [0.1, 0.15) is 5.82 Å². The van der Waals surface area contributed by atoms with Crippen LogP contribution < -0.4 is 0 Å². The minimum absolute atomic E-state index is 0.454. The zero-order valence-corrected chi connectivity index (χ0v) is 11.4. The normalized spacial score (nSPS) is 17.3. The molecule has 1 saturated carbocycles. The molecule has 0 radical (unpaired) electrons. The van der Waals surface area contributed by atoms with E-state index in [1.807, 2.05) is 6.92 Å². The summed E-state index contributed by atoms with van der Waals surface area (Å²) in [6, 6.07) is 0. The maximum atomic E-state index is 11.1. The van der Waals surface area contributed by atoms with Crippen molar-refractivity contribution in [1.82, 2.24) is 9.97 Å². The van der Waals surface area contributed by atoms with E-state index in [0.29, 0.717) is 12.3 Å². The van der Waals surface area contributed by atoms with Gasteiger partial charge in [-0.2, -0.15) is 0 Å². The fourth-order valence-corrected chi connectivity index (χ4v) is 2.71. The number of carboxylic acid groups (broad SMARTS) is 1. The van der Waals surface area contributed by atoms with Gasteiger partial charge >= 0.3 is 5.97 Å². The highest BCUT2D eigenvalue weighted by Crippen LogP contribution is 2.35. The van der Waals surface area contributed by atoms with Crippen LogP contribution in [0, 0.1) is 12.3 Å². The molecule has 0 saturated heterocycles. The molecule has 4 heteroatoms. The standard InChI is InChI=1S/C14H22N2O2/c1-9-12(10-6-4-5-7-10)16-11(15-9)8-14(2,3)13(17)18/h10H,4-8H2,1-3H3,(H,15,16)(H,17,18). The SMILES string of the molecule is Cc1[nH]c(CC(C)(C)C(=O)O)nc1C1CCCC1. The van der Waals surface area contributed by atoms with Crippen molar-refractivity contribution < 1.29 is 9.90 Å². The Bertz CT molecular complexity index is 443. The summed E-state index contributed by atoms with van der Waals surface area (Å²) in [7, 11) is 0. The van der Waals surface area contributed by atoms with Crippen LogP contribution in [0.15, 0.2) is 0 Å². The zero-order valence-electron chi connectivity index (χ0n) is 11.4. The van der Waals surface area contributed by atoms with E-state index in [9.17, 15) is 4.79 Å². The minimum Gasteiger partial charge on any atom is -0.481 e. The Kier molecular flexibility index (Phi) is 3.46. The van der Waals surface area contributed by atoms with E-state index in [4.69, 9.17) is 5.11 Å². The summed E-state index contributed by atoms with van der Waals surface area (Å²) in [4.78, 5) is 19.0. The monoisotopic (exact) mass is 250 g/mol. The van der Waals surface area contributed by atoms with Gasteiger partial charge in [-0.1, -0.05) is 12.8 Å². The lowest BCUT2D eigenvalue weighted by Gasteiger charge is -2.16. The van der Waals surface area contributed by atoms with Crippen LogP contribution in [0.3, 0.4) is 0 Å². The van der Waals surface area contributed by atoms with Crippen LogP contribution in [0.4, 0.5) is 0 Å². The molecular formula is C14H22N2O2. The molecule has 1 aliphatic rings. The van der Waals surface area contributed by atoms with Gasteiger partial charge in [0.25, 0.3) is 0 Å². The third kappa shape index (κ3) is 2.57.